The summed E-state index contributed by atoms with van der Waals surface area (Å²) < 4.78 is 15.5. The highest BCUT2D eigenvalue weighted by atomic mass is 35.5. The molecule has 0 atom stereocenters. The molecule has 0 fully saturated rings. The van der Waals surface area contributed by atoms with Crippen molar-refractivity contribution in [1.29, 1.82) is 0 Å². The number of esters is 1. The van der Waals surface area contributed by atoms with Crippen molar-refractivity contribution in [3.05, 3.63) is 40.9 Å². The Hall–Kier alpha value is -2.18. The van der Waals surface area contributed by atoms with E-state index < -0.39 is 5.97 Å². The molecule has 2 aromatic rings. The normalized spacial score (nSPS) is 10.4. The third kappa shape index (κ3) is 3.97. The molecule has 122 valence electrons. The van der Waals surface area contributed by atoms with Crippen LogP contribution in [0.25, 0.3) is 11.1 Å². The summed E-state index contributed by atoms with van der Waals surface area (Å²) in [5, 5.41) is 0.292. The Balaban J connectivity index is 2.64. The summed E-state index contributed by atoms with van der Waals surface area (Å²) in [7, 11) is 3.10. The number of carbonyl (C=O) groups is 1. The maximum atomic E-state index is 12.2. The van der Waals surface area contributed by atoms with Gasteiger partial charge in [-0.1, -0.05) is 11.6 Å². The van der Waals surface area contributed by atoms with E-state index in [9.17, 15) is 4.79 Å². The Kier molecular flexibility index (Phi) is 5.90. The molecular formula is C16H17ClN2O4. The molecular weight excluding hydrogens is 320 g/mol. The van der Waals surface area contributed by atoms with E-state index in [1.54, 1.807) is 26.2 Å². The van der Waals surface area contributed by atoms with E-state index in [-0.39, 0.29) is 6.61 Å². The molecule has 23 heavy (non-hydrogen) atoms. The minimum Gasteiger partial charge on any atom is -0.494 e. The fraction of sp³-hybridized carbons (Fsp3) is 0.312. The summed E-state index contributed by atoms with van der Waals surface area (Å²) in [5.74, 6) is 0.0310. The van der Waals surface area contributed by atoms with Crippen LogP contribution in [0.2, 0.25) is 5.15 Å². The number of aromatic nitrogens is 2. The van der Waals surface area contributed by atoms with E-state index in [1.165, 1.54) is 19.5 Å². The average molecular weight is 337 g/mol. The summed E-state index contributed by atoms with van der Waals surface area (Å²) in [6.07, 6.45) is 2.97. The van der Waals surface area contributed by atoms with E-state index in [2.05, 4.69) is 9.97 Å². The van der Waals surface area contributed by atoms with Crippen LogP contribution < -0.4 is 4.74 Å². The quantitative estimate of drug-likeness (QED) is 0.596. The number of ether oxygens (including phenoxy) is 3. The highest BCUT2D eigenvalue weighted by Crippen LogP contribution is 2.34. The van der Waals surface area contributed by atoms with Gasteiger partial charge in [-0.05, 0) is 19.1 Å². The zero-order chi connectivity index (χ0) is 16.8. The van der Waals surface area contributed by atoms with Crippen molar-refractivity contribution in [3.63, 3.8) is 0 Å². The Bertz CT molecular complexity index is 706. The number of methoxy groups -OCH3 is 2. The third-order valence-electron chi connectivity index (χ3n) is 3.09. The molecule has 0 spiro atoms. The zero-order valence-electron chi connectivity index (χ0n) is 13.1. The van der Waals surface area contributed by atoms with Gasteiger partial charge in [-0.2, -0.15) is 0 Å². The Morgan fingerprint density at radius 3 is 2.61 bits per heavy atom. The fourth-order valence-corrected chi connectivity index (χ4v) is 2.27. The molecule has 2 aromatic heterocycles. The first-order chi connectivity index (χ1) is 11.1. The predicted molar refractivity (Wildman–Crippen MR) is 85.7 cm³/mol. The van der Waals surface area contributed by atoms with Crippen LogP contribution in [0.15, 0.2) is 24.5 Å². The second kappa shape index (κ2) is 7.89. The van der Waals surface area contributed by atoms with Crippen LogP contribution in [-0.4, -0.2) is 36.8 Å². The Labute approximate surface area is 139 Å². The summed E-state index contributed by atoms with van der Waals surface area (Å²) in [4.78, 5) is 20.4. The second-order valence-corrected chi connectivity index (χ2v) is 4.97. The molecule has 0 radical (unpaired) electrons. The standard InChI is InChI=1S/C16H17ClN2O4/c1-4-23-16(20)13-7-18-10(9-21-2)5-11(13)12-6-15(17)19-8-14(12)22-3/h5-8H,4,9H2,1-3H3. The van der Waals surface area contributed by atoms with Gasteiger partial charge >= 0.3 is 5.97 Å². The van der Waals surface area contributed by atoms with Gasteiger partial charge in [0.15, 0.2) is 0 Å². The molecule has 2 rings (SSSR count). The monoisotopic (exact) mass is 336 g/mol. The third-order valence-corrected chi connectivity index (χ3v) is 3.30. The van der Waals surface area contributed by atoms with Crippen molar-refractivity contribution in [3.8, 4) is 16.9 Å². The van der Waals surface area contributed by atoms with Crippen molar-refractivity contribution in [2.45, 2.75) is 13.5 Å². The van der Waals surface area contributed by atoms with E-state index in [0.29, 0.717) is 39.9 Å². The van der Waals surface area contributed by atoms with Gasteiger partial charge in [-0.25, -0.2) is 9.78 Å². The molecule has 6 nitrogen and oxygen atoms in total. The maximum absolute atomic E-state index is 12.2. The number of halogens is 1. The van der Waals surface area contributed by atoms with Crippen LogP contribution in [0.4, 0.5) is 0 Å². The minimum absolute atomic E-state index is 0.270. The number of hydrogen-bond donors (Lipinski definition) is 0. The van der Waals surface area contributed by atoms with Crippen LogP contribution in [0.3, 0.4) is 0 Å². The molecule has 7 heteroatoms. The topological polar surface area (TPSA) is 70.5 Å². The molecule has 0 aromatic carbocycles. The van der Waals surface area contributed by atoms with Crippen LogP contribution in [-0.2, 0) is 16.1 Å². The number of nitrogens with zero attached hydrogens (tertiary/aromatic N) is 2. The molecule has 0 aliphatic heterocycles. The number of rotatable bonds is 6. The number of carbonyl (C=O) groups excluding carboxylic acids is 1. The first kappa shape index (κ1) is 17.2. The highest BCUT2D eigenvalue weighted by molar-refractivity contribution is 6.29. The van der Waals surface area contributed by atoms with Gasteiger partial charge in [0.1, 0.15) is 10.9 Å². The molecule has 2 heterocycles. The molecule has 0 aliphatic rings. The Morgan fingerprint density at radius 1 is 1.17 bits per heavy atom. The molecule has 0 saturated carbocycles. The van der Waals surface area contributed by atoms with Gasteiger partial charge in [0.2, 0.25) is 0 Å². The summed E-state index contributed by atoms with van der Waals surface area (Å²) in [6, 6.07) is 3.39. The lowest BCUT2D eigenvalue weighted by molar-refractivity contribution is 0.0526. The second-order valence-electron chi connectivity index (χ2n) is 4.58. The molecule has 0 saturated heterocycles. The first-order valence-electron chi connectivity index (χ1n) is 6.95. The van der Waals surface area contributed by atoms with Crippen molar-refractivity contribution in [1.82, 2.24) is 9.97 Å². The van der Waals surface area contributed by atoms with E-state index in [1.807, 2.05) is 0 Å². The highest BCUT2D eigenvalue weighted by Gasteiger charge is 2.19. The molecule has 0 aliphatic carbocycles. The van der Waals surface area contributed by atoms with Crippen LogP contribution in [0.5, 0.6) is 5.75 Å². The van der Waals surface area contributed by atoms with Crippen molar-refractivity contribution >= 4 is 17.6 Å². The van der Waals surface area contributed by atoms with Crippen LogP contribution in [0, 0.1) is 0 Å². The summed E-state index contributed by atoms with van der Waals surface area (Å²) in [6.45, 7) is 2.33. The Morgan fingerprint density at radius 2 is 1.96 bits per heavy atom. The molecule has 0 amide bonds. The van der Waals surface area contributed by atoms with Gasteiger partial charge in [0, 0.05) is 24.4 Å². The van der Waals surface area contributed by atoms with Crippen molar-refractivity contribution in [2.24, 2.45) is 0 Å². The smallest absolute Gasteiger partial charge is 0.340 e. The molecule has 0 unspecified atom stereocenters. The summed E-state index contributed by atoms with van der Waals surface area (Å²) in [5.41, 5.74) is 2.24. The maximum Gasteiger partial charge on any atom is 0.340 e. The van der Waals surface area contributed by atoms with E-state index in [4.69, 9.17) is 25.8 Å². The van der Waals surface area contributed by atoms with E-state index in [0.717, 1.165) is 0 Å². The average Bonchev–Trinajstić information content (AvgIpc) is 2.55. The lowest BCUT2D eigenvalue weighted by Gasteiger charge is -2.13. The number of hydrogen-bond acceptors (Lipinski definition) is 6. The van der Waals surface area contributed by atoms with Gasteiger partial charge in [0.25, 0.3) is 0 Å². The predicted octanol–water partition coefficient (Wildman–Crippen LogP) is 3.13. The molecule has 0 bridgehead atoms. The lowest BCUT2D eigenvalue weighted by atomic mass is 10.0. The van der Waals surface area contributed by atoms with Crippen LogP contribution >= 0.6 is 11.6 Å². The minimum atomic E-state index is -0.464. The van der Waals surface area contributed by atoms with Crippen molar-refractivity contribution < 1.29 is 19.0 Å². The van der Waals surface area contributed by atoms with Gasteiger partial charge in [-0.15, -0.1) is 0 Å². The first-order valence-corrected chi connectivity index (χ1v) is 7.33. The summed E-state index contributed by atoms with van der Waals surface area (Å²) >= 11 is 5.99. The van der Waals surface area contributed by atoms with Gasteiger partial charge in [-0.3, -0.25) is 4.98 Å². The SMILES string of the molecule is CCOC(=O)c1cnc(COC)cc1-c1cc(Cl)ncc1OC. The zero-order valence-corrected chi connectivity index (χ0v) is 13.9. The van der Waals surface area contributed by atoms with Gasteiger partial charge in [0.05, 0.1) is 37.8 Å². The van der Waals surface area contributed by atoms with Gasteiger partial charge < -0.3 is 14.2 Å². The number of pyridine rings is 2. The lowest BCUT2D eigenvalue weighted by Crippen LogP contribution is -2.09. The largest absolute Gasteiger partial charge is 0.494 e. The fourth-order valence-electron chi connectivity index (χ4n) is 2.11. The van der Waals surface area contributed by atoms with Crippen LogP contribution in [0.1, 0.15) is 23.0 Å². The molecule has 0 N–H and O–H groups in total. The van der Waals surface area contributed by atoms with E-state index >= 15 is 0 Å². The van der Waals surface area contributed by atoms with Crippen molar-refractivity contribution in [2.75, 3.05) is 20.8 Å².